The Labute approximate surface area is 181 Å². The number of benzene rings is 2. The quantitative estimate of drug-likeness (QED) is 0.666. The van der Waals surface area contributed by atoms with Gasteiger partial charge in [-0.1, -0.05) is 29.8 Å². The van der Waals surface area contributed by atoms with Gasteiger partial charge in [-0.25, -0.2) is 4.79 Å². The van der Waals surface area contributed by atoms with Crippen molar-refractivity contribution in [2.45, 2.75) is 24.6 Å². The lowest BCUT2D eigenvalue weighted by atomic mass is 9.91. The molecule has 0 unspecified atom stereocenters. The van der Waals surface area contributed by atoms with Gasteiger partial charge in [-0.15, -0.1) is 5.06 Å². The van der Waals surface area contributed by atoms with Crippen LogP contribution in [0.5, 0.6) is 0 Å². The van der Waals surface area contributed by atoms with Gasteiger partial charge in [-0.2, -0.15) is 13.2 Å². The summed E-state index contributed by atoms with van der Waals surface area (Å²) >= 11 is 5.92. The molecule has 31 heavy (non-hydrogen) atoms. The summed E-state index contributed by atoms with van der Waals surface area (Å²) in [4.78, 5) is 23.1. The van der Waals surface area contributed by atoms with Crippen molar-refractivity contribution in [3.63, 3.8) is 0 Å². The molecule has 0 bridgehead atoms. The van der Waals surface area contributed by atoms with E-state index in [-0.39, 0.29) is 5.69 Å². The number of nitrogens with zero attached hydrogens (tertiary/aromatic N) is 1. The van der Waals surface area contributed by atoms with Crippen LogP contribution in [0.2, 0.25) is 5.02 Å². The van der Waals surface area contributed by atoms with Gasteiger partial charge in [0.25, 0.3) is 0 Å². The minimum absolute atomic E-state index is 0.00664. The summed E-state index contributed by atoms with van der Waals surface area (Å²) in [6, 6.07) is 11.7. The molecule has 0 aromatic heterocycles. The summed E-state index contributed by atoms with van der Waals surface area (Å²) in [6.45, 7) is 0.810. The molecule has 4 rings (SSSR count). The Morgan fingerprint density at radius 1 is 1.16 bits per heavy atom. The van der Waals surface area contributed by atoms with Gasteiger partial charge < -0.3 is 4.84 Å². The first-order valence-corrected chi connectivity index (χ1v) is 9.94. The Morgan fingerprint density at radius 2 is 1.87 bits per heavy atom. The average Bonchev–Trinajstić information content (AvgIpc) is 3.14. The van der Waals surface area contributed by atoms with Crippen molar-refractivity contribution in [3.05, 3.63) is 70.8 Å². The predicted molar refractivity (Wildman–Crippen MR) is 109 cm³/mol. The third-order valence-electron chi connectivity index (χ3n) is 5.14. The van der Waals surface area contributed by atoms with Gasteiger partial charge in [-0.05, 0) is 54.8 Å². The molecule has 1 fully saturated rings. The Bertz CT molecular complexity index is 987. The third-order valence-corrected chi connectivity index (χ3v) is 5.40. The van der Waals surface area contributed by atoms with Crippen LogP contribution in [0.4, 0.5) is 23.7 Å². The molecule has 0 aliphatic carbocycles. The minimum Gasteiger partial charge on any atom is -0.351 e. The molecule has 1 saturated heterocycles. The maximum absolute atomic E-state index is 12.8. The number of nitrogens with one attached hydrogen (secondary N) is 2. The number of carbonyl (C=O) groups is 1. The zero-order chi connectivity index (χ0) is 22.1. The van der Waals surface area contributed by atoms with E-state index in [0.29, 0.717) is 31.0 Å². The Morgan fingerprint density at radius 3 is 2.55 bits per heavy atom. The standard InChI is InChI=1S/C21H19ClF3N3O3/c22-16-6-4-14(5-7-16)18-13-20(31-27-18)8-10-28(11-9-20)30-19(29)26-17-3-1-2-15(12-17)21(23,24)25/h1-7,12-13,27H,8-11H2,(H,26,29). The highest BCUT2D eigenvalue weighted by molar-refractivity contribution is 6.30. The Hall–Kier alpha value is -2.75. The molecule has 0 radical (unpaired) electrons. The number of halogens is 4. The van der Waals surface area contributed by atoms with Crippen molar-refractivity contribution in [1.29, 1.82) is 0 Å². The Kier molecular flexibility index (Phi) is 5.83. The molecule has 2 aromatic carbocycles. The van der Waals surface area contributed by atoms with E-state index in [2.05, 4.69) is 10.8 Å². The van der Waals surface area contributed by atoms with E-state index in [4.69, 9.17) is 21.3 Å². The van der Waals surface area contributed by atoms with Gasteiger partial charge in [0.1, 0.15) is 5.60 Å². The summed E-state index contributed by atoms with van der Waals surface area (Å²) in [5, 5.41) is 4.44. The zero-order valence-electron chi connectivity index (χ0n) is 16.2. The second-order valence-electron chi connectivity index (χ2n) is 7.35. The van der Waals surface area contributed by atoms with E-state index in [1.165, 1.54) is 17.2 Å². The van der Waals surface area contributed by atoms with E-state index < -0.39 is 23.4 Å². The van der Waals surface area contributed by atoms with E-state index in [9.17, 15) is 18.0 Å². The van der Waals surface area contributed by atoms with Crippen LogP contribution in [0.25, 0.3) is 5.70 Å². The summed E-state index contributed by atoms with van der Waals surface area (Å²) in [5.74, 6) is 0. The molecule has 6 nitrogen and oxygen atoms in total. The summed E-state index contributed by atoms with van der Waals surface area (Å²) < 4.78 is 38.4. The molecule has 1 spiro atoms. The first-order chi connectivity index (χ1) is 14.7. The minimum atomic E-state index is -4.49. The number of piperidine rings is 1. The van der Waals surface area contributed by atoms with Gasteiger partial charge in [-0.3, -0.25) is 15.6 Å². The second-order valence-corrected chi connectivity index (χ2v) is 7.78. The van der Waals surface area contributed by atoms with Crippen molar-refractivity contribution in [3.8, 4) is 0 Å². The molecule has 1 amide bonds. The highest BCUT2D eigenvalue weighted by Crippen LogP contribution is 2.35. The van der Waals surface area contributed by atoms with Gasteiger partial charge in [0.2, 0.25) is 0 Å². The van der Waals surface area contributed by atoms with Crippen molar-refractivity contribution in [1.82, 2.24) is 10.5 Å². The van der Waals surface area contributed by atoms with E-state index in [0.717, 1.165) is 23.4 Å². The number of hydrogen-bond donors (Lipinski definition) is 2. The molecule has 0 atom stereocenters. The summed E-state index contributed by atoms with van der Waals surface area (Å²) in [6.07, 6.45) is -2.20. The molecular formula is C21H19ClF3N3O3. The van der Waals surface area contributed by atoms with Crippen LogP contribution in [0.1, 0.15) is 24.0 Å². The smallest absolute Gasteiger partial charge is 0.351 e. The first-order valence-electron chi connectivity index (χ1n) is 9.56. The molecule has 2 heterocycles. The van der Waals surface area contributed by atoms with Crippen LogP contribution in [0.15, 0.2) is 54.6 Å². The van der Waals surface area contributed by atoms with Crippen LogP contribution < -0.4 is 10.8 Å². The Balaban J connectivity index is 1.31. The van der Waals surface area contributed by atoms with Crippen LogP contribution in [-0.2, 0) is 15.9 Å². The van der Waals surface area contributed by atoms with Gasteiger partial charge in [0.15, 0.2) is 0 Å². The van der Waals surface area contributed by atoms with E-state index in [1.807, 2.05) is 18.2 Å². The number of carbonyl (C=O) groups excluding carboxylic acids is 1. The van der Waals surface area contributed by atoms with Crippen LogP contribution >= 0.6 is 11.6 Å². The van der Waals surface area contributed by atoms with Crippen LogP contribution in [0, 0.1) is 0 Å². The summed E-state index contributed by atoms with van der Waals surface area (Å²) in [5.41, 5.74) is 3.37. The number of hydroxylamine groups is 3. The van der Waals surface area contributed by atoms with Crippen LogP contribution in [-0.4, -0.2) is 29.8 Å². The van der Waals surface area contributed by atoms with Crippen molar-refractivity contribution < 1.29 is 27.6 Å². The lowest BCUT2D eigenvalue weighted by molar-refractivity contribution is -0.153. The molecule has 2 aliphatic heterocycles. The van der Waals surface area contributed by atoms with Crippen molar-refractivity contribution in [2.24, 2.45) is 0 Å². The number of amides is 1. The number of hydrogen-bond acceptors (Lipinski definition) is 5. The predicted octanol–water partition coefficient (Wildman–Crippen LogP) is 5.23. The lowest BCUT2D eigenvalue weighted by Gasteiger charge is -2.35. The fourth-order valence-corrected chi connectivity index (χ4v) is 3.61. The van der Waals surface area contributed by atoms with Gasteiger partial charge >= 0.3 is 12.3 Å². The highest BCUT2D eigenvalue weighted by Gasteiger charge is 2.40. The number of anilines is 1. The van der Waals surface area contributed by atoms with Crippen LogP contribution in [0.3, 0.4) is 0 Å². The fourth-order valence-electron chi connectivity index (χ4n) is 3.48. The molecule has 2 aliphatic rings. The molecule has 2 aromatic rings. The summed E-state index contributed by atoms with van der Waals surface area (Å²) in [7, 11) is 0. The lowest BCUT2D eigenvalue weighted by Crippen LogP contribution is -2.45. The highest BCUT2D eigenvalue weighted by atomic mass is 35.5. The first kappa shape index (κ1) is 21.5. The van der Waals surface area contributed by atoms with E-state index in [1.54, 1.807) is 12.1 Å². The number of rotatable bonds is 3. The SMILES string of the molecule is O=C(Nc1cccc(C(F)(F)F)c1)ON1CCC2(C=C(c3ccc(Cl)cc3)NO2)CC1. The molecular weight excluding hydrogens is 435 g/mol. The van der Waals surface area contributed by atoms with E-state index >= 15 is 0 Å². The maximum Gasteiger partial charge on any atom is 0.430 e. The van der Waals surface area contributed by atoms with Crippen molar-refractivity contribution >= 4 is 29.1 Å². The maximum atomic E-state index is 12.8. The van der Waals surface area contributed by atoms with Gasteiger partial charge in [0.05, 0.1) is 11.3 Å². The van der Waals surface area contributed by atoms with Gasteiger partial charge in [0, 0.05) is 23.8 Å². The fraction of sp³-hybridized carbons (Fsp3) is 0.286. The topological polar surface area (TPSA) is 62.8 Å². The average molecular weight is 454 g/mol. The molecule has 0 saturated carbocycles. The third kappa shape index (κ3) is 5.12. The largest absolute Gasteiger partial charge is 0.430 e. The molecule has 164 valence electrons. The second kappa shape index (κ2) is 8.41. The number of alkyl halides is 3. The normalized spacial score (nSPS) is 18.4. The van der Waals surface area contributed by atoms with Crippen molar-refractivity contribution in [2.75, 3.05) is 18.4 Å². The molecule has 2 N–H and O–H groups in total. The monoisotopic (exact) mass is 453 g/mol. The zero-order valence-corrected chi connectivity index (χ0v) is 17.0. The molecule has 10 heteroatoms.